The Kier molecular flexibility index (Phi) is 7.75. The molecular formula is C27H22FN5O2S2. The maximum Gasteiger partial charge on any atom is 0.196 e. The van der Waals surface area contributed by atoms with Gasteiger partial charge < -0.3 is 9.64 Å². The maximum absolute atomic E-state index is 13.6. The molecule has 0 radical (unpaired) electrons. The Bertz CT molecular complexity index is 1440. The minimum absolute atomic E-state index is 0.00661. The van der Waals surface area contributed by atoms with E-state index >= 15 is 0 Å². The van der Waals surface area contributed by atoms with Crippen molar-refractivity contribution >= 4 is 34.6 Å². The Balaban J connectivity index is 1.48. The van der Waals surface area contributed by atoms with E-state index in [0.29, 0.717) is 48.5 Å². The van der Waals surface area contributed by atoms with Gasteiger partial charge in [-0.15, -0.1) is 21.5 Å². The van der Waals surface area contributed by atoms with Crippen molar-refractivity contribution in [2.45, 2.75) is 5.16 Å². The van der Waals surface area contributed by atoms with E-state index in [1.165, 1.54) is 23.9 Å². The summed E-state index contributed by atoms with van der Waals surface area (Å²) in [6.07, 6.45) is 0. The van der Waals surface area contributed by atoms with E-state index in [1.807, 2.05) is 57.3 Å². The van der Waals surface area contributed by atoms with Gasteiger partial charge in [0.05, 0.1) is 29.5 Å². The largest absolute Gasteiger partial charge is 0.378 e. The predicted octanol–water partition coefficient (Wildman–Crippen LogP) is 5.06. The molecule has 10 heteroatoms. The smallest absolute Gasteiger partial charge is 0.196 e. The Morgan fingerprint density at radius 1 is 1.05 bits per heavy atom. The average molecular weight is 532 g/mol. The molecule has 7 nitrogen and oxygen atoms in total. The molecule has 0 bridgehead atoms. The lowest BCUT2D eigenvalue weighted by Crippen LogP contribution is -2.36. The van der Waals surface area contributed by atoms with Gasteiger partial charge in [0.15, 0.2) is 16.8 Å². The van der Waals surface area contributed by atoms with Crippen molar-refractivity contribution in [3.63, 3.8) is 0 Å². The van der Waals surface area contributed by atoms with Crippen molar-refractivity contribution in [3.8, 4) is 22.5 Å². The number of allylic oxidation sites excluding steroid dienone is 1. The Morgan fingerprint density at radius 3 is 2.49 bits per heavy atom. The molecule has 0 aliphatic carbocycles. The van der Waals surface area contributed by atoms with E-state index < -0.39 is 0 Å². The lowest BCUT2D eigenvalue weighted by molar-refractivity contribution is -0.112. The predicted molar refractivity (Wildman–Crippen MR) is 142 cm³/mol. The molecule has 4 aromatic rings. The molecule has 37 heavy (non-hydrogen) atoms. The molecular weight excluding hydrogens is 509 g/mol. The van der Waals surface area contributed by atoms with Crippen LogP contribution in [0.15, 0.2) is 82.8 Å². The summed E-state index contributed by atoms with van der Waals surface area (Å²) in [6.45, 7) is 2.03. The van der Waals surface area contributed by atoms with Crippen molar-refractivity contribution in [1.29, 1.82) is 5.26 Å². The van der Waals surface area contributed by atoms with Gasteiger partial charge in [0.1, 0.15) is 17.5 Å². The van der Waals surface area contributed by atoms with Gasteiger partial charge in [0.25, 0.3) is 0 Å². The number of carbonyl (C=O) groups is 1. The average Bonchev–Trinajstić information content (AvgIpc) is 3.62. The van der Waals surface area contributed by atoms with Crippen LogP contribution < -0.4 is 0 Å². The Hall–Kier alpha value is -3.78. The highest BCUT2D eigenvalue weighted by atomic mass is 32.2. The molecule has 5 rings (SSSR count). The van der Waals surface area contributed by atoms with Gasteiger partial charge in [0, 0.05) is 18.8 Å². The van der Waals surface area contributed by atoms with E-state index in [9.17, 15) is 14.4 Å². The van der Waals surface area contributed by atoms with Gasteiger partial charge in [-0.1, -0.05) is 36.0 Å². The summed E-state index contributed by atoms with van der Waals surface area (Å²) in [6, 6.07) is 21.6. The molecule has 0 saturated carbocycles. The van der Waals surface area contributed by atoms with E-state index in [2.05, 4.69) is 16.3 Å². The quantitative estimate of drug-likeness (QED) is 0.178. The van der Waals surface area contributed by atoms with Crippen LogP contribution in [0.3, 0.4) is 0 Å². The first kappa shape index (κ1) is 24.9. The van der Waals surface area contributed by atoms with Crippen molar-refractivity contribution in [2.24, 2.45) is 0 Å². The fraction of sp³-hybridized carbons (Fsp3) is 0.185. The molecule has 0 atom stereocenters. The fourth-order valence-electron chi connectivity index (χ4n) is 4.07. The number of carbonyl (C=O) groups excluding carboxylic acids is 1. The molecule has 1 fully saturated rings. The van der Waals surface area contributed by atoms with Crippen LogP contribution >= 0.6 is 23.1 Å². The first-order valence-corrected chi connectivity index (χ1v) is 13.5. The minimum Gasteiger partial charge on any atom is -0.378 e. The number of para-hydroxylation sites is 1. The number of ketones is 1. The van der Waals surface area contributed by atoms with Crippen molar-refractivity contribution in [2.75, 3.05) is 32.1 Å². The maximum atomic E-state index is 13.6. The molecule has 2 aromatic heterocycles. The lowest BCUT2D eigenvalue weighted by Gasteiger charge is -2.32. The van der Waals surface area contributed by atoms with Crippen LogP contribution in [0.25, 0.3) is 22.1 Å². The van der Waals surface area contributed by atoms with Crippen molar-refractivity contribution in [1.82, 2.24) is 19.7 Å². The van der Waals surface area contributed by atoms with Crippen molar-refractivity contribution < 1.29 is 13.9 Å². The molecule has 2 aromatic carbocycles. The third kappa shape index (κ3) is 5.49. The molecule has 0 spiro atoms. The van der Waals surface area contributed by atoms with Crippen LogP contribution in [-0.4, -0.2) is 57.5 Å². The van der Waals surface area contributed by atoms with E-state index in [-0.39, 0.29) is 22.9 Å². The summed E-state index contributed by atoms with van der Waals surface area (Å²) in [5.74, 6) is -0.0359. The van der Waals surface area contributed by atoms with Gasteiger partial charge in [0.2, 0.25) is 0 Å². The van der Waals surface area contributed by atoms with E-state index in [4.69, 9.17) is 4.74 Å². The number of halogens is 1. The molecule has 0 unspecified atom stereocenters. The number of nitriles is 1. The SMILES string of the molecule is N#C/C(C(=O)CSc1nnc(-c2cccs2)n1-c1ccccc1)=C(/c1ccc(F)cc1)N1CCOCC1. The zero-order chi connectivity index (χ0) is 25.6. The number of hydrogen-bond donors (Lipinski definition) is 0. The molecule has 0 N–H and O–H groups in total. The van der Waals surface area contributed by atoms with Crippen LogP contribution in [0.5, 0.6) is 0 Å². The summed E-state index contributed by atoms with van der Waals surface area (Å²) in [5, 5.41) is 21.4. The number of thiophene rings is 1. The molecule has 1 aliphatic rings. The van der Waals surface area contributed by atoms with Crippen LogP contribution in [0, 0.1) is 17.1 Å². The topological polar surface area (TPSA) is 84.0 Å². The second kappa shape index (κ2) is 11.5. The van der Waals surface area contributed by atoms with Crippen LogP contribution in [-0.2, 0) is 9.53 Å². The van der Waals surface area contributed by atoms with Crippen LogP contribution in [0.4, 0.5) is 4.39 Å². The molecule has 1 saturated heterocycles. The van der Waals surface area contributed by atoms with Gasteiger partial charge in [-0.3, -0.25) is 9.36 Å². The van der Waals surface area contributed by atoms with Gasteiger partial charge in [-0.05, 0) is 53.4 Å². The van der Waals surface area contributed by atoms with E-state index in [0.717, 1.165) is 10.6 Å². The summed E-state index contributed by atoms with van der Waals surface area (Å²) in [4.78, 5) is 16.4. The third-order valence-corrected chi connectivity index (χ3v) is 7.59. The number of ether oxygens (including phenoxy) is 1. The normalized spacial score (nSPS) is 14.2. The zero-order valence-electron chi connectivity index (χ0n) is 19.7. The highest BCUT2D eigenvalue weighted by molar-refractivity contribution is 7.99. The molecule has 3 heterocycles. The fourth-order valence-corrected chi connectivity index (χ4v) is 5.59. The second-order valence-electron chi connectivity index (χ2n) is 8.11. The second-order valence-corrected chi connectivity index (χ2v) is 10.00. The van der Waals surface area contributed by atoms with Gasteiger partial charge in [-0.25, -0.2) is 4.39 Å². The van der Waals surface area contributed by atoms with Gasteiger partial charge in [-0.2, -0.15) is 5.26 Å². The van der Waals surface area contributed by atoms with Crippen LogP contribution in [0.2, 0.25) is 0 Å². The third-order valence-electron chi connectivity index (χ3n) is 5.79. The zero-order valence-corrected chi connectivity index (χ0v) is 21.3. The number of thioether (sulfide) groups is 1. The molecule has 1 aliphatic heterocycles. The number of benzene rings is 2. The summed E-state index contributed by atoms with van der Waals surface area (Å²) in [5.41, 5.74) is 2.03. The highest BCUT2D eigenvalue weighted by Gasteiger charge is 2.25. The number of rotatable bonds is 8. The lowest BCUT2D eigenvalue weighted by atomic mass is 10.0. The summed E-state index contributed by atoms with van der Waals surface area (Å²) in [7, 11) is 0. The number of hydrogen-bond acceptors (Lipinski definition) is 8. The highest BCUT2D eigenvalue weighted by Crippen LogP contribution is 2.31. The summed E-state index contributed by atoms with van der Waals surface area (Å²) >= 11 is 2.79. The summed E-state index contributed by atoms with van der Waals surface area (Å²) < 4.78 is 21.0. The number of morpholine rings is 1. The number of Topliss-reactive ketones (excluding diaryl/α,β-unsaturated/α-hetero) is 1. The van der Waals surface area contributed by atoms with Crippen molar-refractivity contribution in [3.05, 3.63) is 89.1 Å². The number of aromatic nitrogens is 3. The Morgan fingerprint density at radius 2 is 1.81 bits per heavy atom. The van der Waals surface area contributed by atoms with Gasteiger partial charge >= 0.3 is 0 Å². The standard InChI is InChI=1S/C27H22FN5O2S2/c28-20-10-8-19(9-11-20)25(32-12-14-35-15-13-32)22(17-29)23(34)18-37-27-31-30-26(24-7-4-16-36-24)33(27)21-5-2-1-3-6-21/h1-11,16H,12-15,18H2/b25-22+. The molecule has 0 amide bonds. The first-order chi connectivity index (χ1) is 18.2. The van der Waals surface area contributed by atoms with Crippen LogP contribution in [0.1, 0.15) is 5.56 Å². The number of nitrogens with zero attached hydrogens (tertiary/aromatic N) is 5. The molecule has 186 valence electrons. The van der Waals surface area contributed by atoms with E-state index in [1.54, 1.807) is 23.5 Å². The monoisotopic (exact) mass is 531 g/mol. The minimum atomic E-state index is -0.382. The Labute approximate surface area is 221 Å². The first-order valence-electron chi connectivity index (χ1n) is 11.6.